The van der Waals surface area contributed by atoms with Crippen LogP contribution in [0.2, 0.25) is 5.02 Å². The Kier molecular flexibility index (Phi) is 7.65. The second-order valence-corrected chi connectivity index (χ2v) is 8.79. The third-order valence-corrected chi connectivity index (χ3v) is 6.64. The third-order valence-electron chi connectivity index (χ3n) is 6.39. The minimum atomic E-state index is -0.789. The van der Waals surface area contributed by atoms with E-state index < -0.39 is 5.97 Å². The molecule has 0 amide bonds. The van der Waals surface area contributed by atoms with Gasteiger partial charge in [-0.05, 0) is 78.5 Å². The van der Waals surface area contributed by atoms with E-state index in [4.69, 9.17) is 17.3 Å². The predicted molar refractivity (Wildman–Crippen MR) is 126 cm³/mol. The zero-order chi connectivity index (χ0) is 21.7. The normalized spacial score (nSPS) is 15.7. The maximum atomic E-state index is 11.5. The summed E-state index contributed by atoms with van der Waals surface area (Å²) >= 11 is 6.07. The lowest BCUT2D eigenvalue weighted by molar-refractivity contribution is -0.137. The van der Waals surface area contributed by atoms with Crippen molar-refractivity contribution >= 4 is 34.6 Å². The predicted octanol–water partition coefficient (Wildman–Crippen LogP) is 7.24. The second-order valence-electron chi connectivity index (χ2n) is 8.35. The SMILES string of the molecule is CCc1cc([C@@H](CC)CC(=O)O)c(N)c(Nc2ccc(Cl)cc2)c1C1CCCCC1. The van der Waals surface area contributed by atoms with Gasteiger partial charge in [0.2, 0.25) is 0 Å². The van der Waals surface area contributed by atoms with E-state index in [1.165, 1.54) is 43.2 Å². The van der Waals surface area contributed by atoms with Gasteiger partial charge in [0.15, 0.2) is 0 Å². The summed E-state index contributed by atoms with van der Waals surface area (Å²) in [4.78, 5) is 11.5. The molecule has 0 unspecified atom stereocenters. The molecule has 5 heteroatoms. The molecule has 2 aromatic rings. The van der Waals surface area contributed by atoms with Crippen molar-refractivity contribution in [2.24, 2.45) is 0 Å². The van der Waals surface area contributed by atoms with Gasteiger partial charge in [-0.15, -0.1) is 0 Å². The van der Waals surface area contributed by atoms with E-state index in [0.29, 0.717) is 16.6 Å². The summed E-state index contributed by atoms with van der Waals surface area (Å²) in [5.41, 5.74) is 12.9. The fourth-order valence-corrected chi connectivity index (χ4v) is 4.90. The van der Waals surface area contributed by atoms with E-state index >= 15 is 0 Å². The molecule has 1 aliphatic carbocycles. The average Bonchev–Trinajstić information content (AvgIpc) is 2.75. The Hall–Kier alpha value is -2.20. The zero-order valence-corrected chi connectivity index (χ0v) is 18.8. The van der Waals surface area contributed by atoms with Crippen molar-refractivity contribution in [2.75, 3.05) is 11.1 Å². The van der Waals surface area contributed by atoms with E-state index in [1.807, 2.05) is 31.2 Å². The maximum absolute atomic E-state index is 11.5. The number of halogens is 1. The van der Waals surface area contributed by atoms with Gasteiger partial charge in [0.25, 0.3) is 0 Å². The van der Waals surface area contributed by atoms with Crippen LogP contribution in [-0.4, -0.2) is 11.1 Å². The van der Waals surface area contributed by atoms with Gasteiger partial charge < -0.3 is 16.2 Å². The monoisotopic (exact) mass is 428 g/mol. The smallest absolute Gasteiger partial charge is 0.303 e. The van der Waals surface area contributed by atoms with Crippen LogP contribution in [0.3, 0.4) is 0 Å². The molecular formula is C25H33ClN2O2. The number of hydrogen-bond acceptors (Lipinski definition) is 3. The third kappa shape index (κ3) is 5.10. The molecular weight excluding hydrogens is 396 g/mol. The highest BCUT2D eigenvalue weighted by molar-refractivity contribution is 6.30. The van der Waals surface area contributed by atoms with Crippen LogP contribution in [0.1, 0.15) is 87.3 Å². The molecule has 0 bridgehead atoms. The van der Waals surface area contributed by atoms with Gasteiger partial charge in [-0.3, -0.25) is 4.79 Å². The molecule has 0 aliphatic heterocycles. The fourth-order valence-electron chi connectivity index (χ4n) is 4.78. The quantitative estimate of drug-likeness (QED) is 0.387. The number of aliphatic carboxylic acids is 1. The molecule has 0 radical (unpaired) electrons. The van der Waals surface area contributed by atoms with Crippen LogP contribution in [0.15, 0.2) is 30.3 Å². The Balaban J connectivity index is 2.15. The van der Waals surface area contributed by atoms with E-state index in [1.54, 1.807) is 0 Å². The summed E-state index contributed by atoms with van der Waals surface area (Å²) in [6.07, 6.45) is 7.86. The lowest BCUT2D eigenvalue weighted by Crippen LogP contribution is -2.15. The van der Waals surface area contributed by atoms with Gasteiger partial charge >= 0.3 is 5.97 Å². The number of benzene rings is 2. The van der Waals surface area contributed by atoms with Gasteiger partial charge in [-0.25, -0.2) is 0 Å². The highest BCUT2D eigenvalue weighted by Crippen LogP contribution is 2.45. The molecule has 0 heterocycles. The summed E-state index contributed by atoms with van der Waals surface area (Å²) in [5, 5.41) is 13.7. The van der Waals surface area contributed by atoms with Crippen LogP contribution < -0.4 is 11.1 Å². The first-order valence-corrected chi connectivity index (χ1v) is 11.5. The lowest BCUT2D eigenvalue weighted by atomic mass is 9.78. The molecule has 4 nitrogen and oxygen atoms in total. The Morgan fingerprint density at radius 2 is 1.87 bits per heavy atom. The highest BCUT2D eigenvalue weighted by Gasteiger charge is 2.27. The van der Waals surface area contributed by atoms with Gasteiger partial charge in [-0.1, -0.05) is 50.8 Å². The maximum Gasteiger partial charge on any atom is 0.303 e. The summed E-state index contributed by atoms with van der Waals surface area (Å²) < 4.78 is 0. The lowest BCUT2D eigenvalue weighted by Gasteiger charge is -2.30. The number of carbonyl (C=O) groups is 1. The van der Waals surface area contributed by atoms with Crippen molar-refractivity contribution in [3.63, 3.8) is 0 Å². The molecule has 1 aliphatic rings. The first-order chi connectivity index (χ1) is 14.4. The summed E-state index contributed by atoms with van der Waals surface area (Å²) in [6.45, 7) is 4.20. The average molecular weight is 429 g/mol. The number of nitrogens with two attached hydrogens (primary N) is 1. The number of anilines is 3. The number of carboxylic acid groups (broad SMARTS) is 1. The molecule has 0 spiro atoms. The molecule has 0 saturated heterocycles. The molecule has 1 atom stereocenters. The molecule has 162 valence electrons. The highest BCUT2D eigenvalue weighted by atomic mass is 35.5. The number of nitrogens with one attached hydrogen (secondary N) is 1. The van der Waals surface area contributed by atoms with E-state index in [9.17, 15) is 9.90 Å². The van der Waals surface area contributed by atoms with E-state index in [0.717, 1.165) is 29.8 Å². The standard InChI is InChI=1S/C25H33ClN2O2/c1-3-16(15-22(29)30)21-14-17(4-2)23(18-8-6-5-7-9-18)25(24(21)27)28-20-12-10-19(26)11-13-20/h10-14,16,18,28H,3-9,15,27H2,1-2H3,(H,29,30)/t16-/m0/s1. The summed E-state index contributed by atoms with van der Waals surface area (Å²) in [6, 6.07) is 9.83. The van der Waals surface area contributed by atoms with Crippen molar-refractivity contribution in [1.82, 2.24) is 0 Å². The summed E-state index contributed by atoms with van der Waals surface area (Å²) in [7, 11) is 0. The molecule has 1 fully saturated rings. The van der Waals surface area contributed by atoms with Crippen LogP contribution in [0.4, 0.5) is 17.1 Å². The molecule has 3 rings (SSSR count). The number of hydrogen-bond donors (Lipinski definition) is 3. The van der Waals surface area contributed by atoms with Gasteiger partial charge in [0.05, 0.1) is 17.8 Å². The van der Waals surface area contributed by atoms with Crippen LogP contribution >= 0.6 is 11.6 Å². The van der Waals surface area contributed by atoms with Crippen LogP contribution in [0, 0.1) is 0 Å². The van der Waals surface area contributed by atoms with E-state index in [2.05, 4.69) is 18.3 Å². The molecule has 2 aromatic carbocycles. The number of nitrogen functional groups attached to an aromatic ring is 1. The van der Waals surface area contributed by atoms with Crippen LogP contribution in [-0.2, 0) is 11.2 Å². The van der Waals surface area contributed by atoms with Gasteiger partial charge in [0.1, 0.15) is 0 Å². The minimum absolute atomic E-state index is 0.0903. The Labute approximate surface area is 184 Å². The first kappa shape index (κ1) is 22.5. The number of carboxylic acids is 1. The van der Waals surface area contributed by atoms with Crippen molar-refractivity contribution < 1.29 is 9.90 Å². The Morgan fingerprint density at radius 3 is 2.43 bits per heavy atom. The van der Waals surface area contributed by atoms with Gasteiger partial charge in [0, 0.05) is 10.7 Å². The number of aryl methyl sites for hydroxylation is 1. The van der Waals surface area contributed by atoms with E-state index in [-0.39, 0.29) is 12.3 Å². The fraction of sp³-hybridized carbons (Fsp3) is 0.480. The Morgan fingerprint density at radius 1 is 1.20 bits per heavy atom. The largest absolute Gasteiger partial charge is 0.481 e. The van der Waals surface area contributed by atoms with Crippen molar-refractivity contribution in [1.29, 1.82) is 0 Å². The Bertz CT molecular complexity index is 874. The van der Waals surface area contributed by atoms with Crippen molar-refractivity contribution in [2.45, 2.75) is 77.0 Å². The molecule has 0 aromatic heterocycles. The number of rotatable bonds is 8. The summed E-state index contributed by atoms with van der Waals surface area (Å²) in [5.74, 6) is -0.402. The van der Waals surface area contributed by atoms with Crippen molar-refractivity contribution in [3.8, 4) is 0 Å². The zero-order valence-electron chi connectivity index (χ0n) is 18.0. The molecule has 4 N–H and O–H groups in total. The molecule has 1 saturated carbocycles. The second kappa shape index (κ2) is 10.2. The van der Waals surface area contributed by atoms with Crippen molar-refractivity contribution in [3.05, 3.63) is 52.0 Å². The van der Waals surface area contributed by atoms with Gasteiger partial charge in [-0.2, -0.15) is 0 Å². The first-order valence-electron chi connectivity index (χ1n) is 11.1. The minimum Gasteiger partial charge on any atom is -0.481 e. The molecule has 30 heavy (non-hydrogen) atoms. The van der Waals surface area contributed by atoms with Crippen LogP contribution in [0.25, 0.3) is 0 Å². The topological polar surface area (TPSA) is 75.3 Å². The van der Waals surface area contributed by atoms with Crippen LogP contribution in [0.5, 0.6) is 0 Å².